The largest absolute Gasteiger partial charge is 0.378 e. The molecule has 0 unspecified atom stereocenters. The van der Waals surface area contributed by atoms with E-state index < -0.39 is 0 Å². The van der Waals surface area contributed by atoms with Crippen molar-refractivity contribution >= 4 is 18.3 Å². The highest BCUT2D eigenvalue weighted by Crippen LogP contribution is 2.29. The third kappa shape index (κ3) is 3.40. The lowest BCUT2D eigenvalue weighted by atomic mass is 9.82. The molecular formula is C13H23ClN2O3. The molecule has 2 aliphatic heterocycles. The van der Waals surface area contributed by atoms with Crippen LogP contribution in [0.2, 0.25) is 0 Å². The quantitative estimate of drug-likeness (QED) is 0.761. The molecule has 19 heavy (non-hydrogen) atoms. The molecule has 0 spiro atoms. The number of fused-ring (bicyclic) bond motifs is 1. The first-order valence-corrected chi connectivity index (χ1v) is 7.06. The first kappa shape index (κ1) is 15.0. The lowest BCUT2D eigenvalue weighted by molar-refractivity contribution is -0.143. The molecule has 2 saturated heterocycles. The summed E-state index contributed by atoms with van der Waals surface area (Å²) < 4.78 is 11.0. The minimum Gasteiger partial charge on any atom is -0.378 e. The molecule has 0 aromatic carbocycles. The van der Waals surface area contributed by atoms with Crippen molar-refractivity contribution in [2.75, 3.05) is 39.5 Å². The zero-order chi connectivity index (χ0) is 12.4. The Labute approximate surface area is 120 Å². The fourth-order valence-corrected chi connectivity index (χ4v) is 3.28. The van der Waals surface area contributed by atoms with Crippen molar-refractivity contribution in [3.63, 3.8) is 0 Å². The fraction of sp³-hybridized carbons (Fsp3) is 0.923. The van der Waals surface area contributed by atoms with Gasteiger partial charge in [0.2, 0.25) is 5.91 Å². The van der Waals surface area contributed by atoms with E-state index in [-0.39, 0.29) is 18.3 Å². The lowest BCUT2D eigenvalue weighted by Crippen LogP contribution is -2.54. The summed E-state index contributed by atoms with van der Waals surface area (Å²) in [6.07, 6.45) is 3.24. The second-order valence-corrected chi connectivity index (χ2v) is 5.42. The molecule has 0 radical (unpaired) electrons. The molecular weight excluding hydrogens is 268 g/mol. The molecule has 0 aromatic heterocycles. The van der Waals surface area contributed by atoms with Crippen LogP contribution in [0.3, 0.4) is 0 Å². The van der Waals surface area contributed by atoms with Crippen LogP contribution in [0, 0.1) is 5.92 Å². The van der Waals surface area contributed by atoms with E-state index in [9.17, 15) is 4.79 Å². The van der Waals surface area contributed by atoms with E-state index in [0.29, 0.717) is 31.3 Å². The first-order valence-electron chi connectivity index (χ1n) is 7.06. The normalized spacial score (nSPS) is 35.2. The van der Waals surface area contributed by atoms with Gasteiger partial charge in [-0.3, -0.25) is 4.79 Å². The van der Waals surface area contributed by atoms with Crippen LogP contribution in [-0.4, -0.2) is 62.4 Å². The minimum absolute atomic E-state index is 0. The SMILES string of the molecule is Cl.O=C([C@H]1CC[C@H]2OCCN[C@@H]2C1)N1CCOCC1. The molecule has 0 aromatic rings. The van der Waals surface area contributed by atoms with Gasteiger partial charge in [-0.2, -0.15) is 0 Å². The van der Waals surface area contributed by atoms with Crippen molar-refractivity contribution in [2.45, 2.75) is 31.4 Å². The van der Waals surface area contributed by atoms with Gasteiger partial charge in [0, 0.05) is 31.6 Å². The summed E-state index contributed by atoms with van der Waals surface area (Å²) in [5.74, 6) is 0.502. The lowest BCUT2D eigenvalue weighted by Gasteiger charge is -2.40. The zero-order valence-corrected chi connectivity index (χ0v) is 12.0. The van der Waals surface area contributed by atoms with E-state index in [0.717, 1.165) is 45.5 Å². The Bertz CT molecular complexity index is 310. The molecule has 5 nitrogen and oxygen atoms in total. The summed E-state index contributed by atoms with van der Waals surface area (Å²) in [6.45, 7) is 4.61. The highest BCUT2D eigenvalue weighted by Gasteiger charge is 2.37. The van der Waals surface area contributed by atoms with Crippen LogP contribution in [-0.2, 0) is 14.3 Å². The second-order valence-electron chi connectivity index (χ2n) is 5.42. The van der Waals surface area contributed by atoms with Gasteiger partial charge in [0.15, 0.2) is 0 Å². The van der Waals surface area contributed by atoms with Crippen LogP contribution in [0.25, 0.3) is 0 Å². The number of hydrogen-bond acceptors (Lipinski definition) is 4. The predicted molar refractivity (Wildman–Crippen MR) is 73.5 cm³/mol. The Morgan fingerprint density at radius 3 is 2.74 bits per heavy atom. The smallest absolute Gasteiger partial charge is 0.225 e. The molecule has 2 heterocycles. The first-order chi connectivity index (χ1) is 8.84. The standard InChI is InChI=1S/C13H22N2O3.ClH/c16-13(15-4-7-17-8-5-15)10-1-2-12-11(9-10)14-3-6-18-12;/h10-12,14H,1-9H2;1H/t10-,11+,12+;/m0./s1. The number of halogens is 1. The maximum Gasteiger partial charge on any atom is 0.225 e. The number of rotatable bonds is 1. The summed E-state index contributed by atoms with van der Waals surface area (Å²) in [5.41, 5.74) is 0. The predicted octanol–water partition coefficient (Wildman–Crippen LogP) is 0.424. The van der Waals surface area contributed by atoms with Gasteiger partial charge in [0.05, 0.1) is 25.9 Å². The number of ether oxygens (including phenoxy) is 2. The third-order valence-electron chi connectivity index (χ3n) is 4.30. The summed E-state index contributed by atoms with van der Waals surface area (Å²) in [4.78, 5) is 14.4. The van der Waals surface area contributed by atoms with Crippen molar-refractivity contribution in [3.05, 3.63) is 0 Å². The average molecular weight is 291 g/mol. The maximum absolute atomic E-state index is 12.4. The van der Waals surface area contributed by atoms with E-state index in [1.807, 2.05) is 4.90 Å². The summed E-state index contributed by atoms with van der Waals surface area (Å²) in [5, 5.41) is 3.49. The molecule has 0 bridgehead atoms. The molecule has 110 valence electrons. The number of nitrogens with one attached hydrogen (secondary N) is 1. The number of nitrogens with zero attached hydrogens (tertiary/aromatic N) is 1. The topological polar surface area (TPSA) is 50.8 Å². The van der Waals surface area contributed by atoms with Crippen LogP contribution in [0.1, 0.15) is 19.3 Å². The molecule has 1 N–H and O–H groups in total. The van der Waals surface area contributed by atoms with Gasteiger partial charge < -0.3 is 19.7 Å². The van der Waals surface area contributed by atoms with Crippen molar-refractivity contribution < 1.29 is 14.3 Å². The molecule has 1 saturated carbocycles. The highest BCUT2D eigenvalue weighted by molar-refractivity contribution is 5.85. The monoisotopic (exact) mass is 290 g/mol. The van der Waals surface area contributed by atoms with Gasteiger partial charge in [-0.25, -0.2) is 0 Å². The van der Waals surface area contributed by atoms with Gasteiger partial charge in [0.25, 0.3) is 0 Å². The maximum atomic E-state index is 12.4. The van der Waals surface area contributed by atoms with E-state index in [1.54, 1.807) is 0 Å². The van der Waals surface area contributed by atoms with Crippen LogP contribution in [0.15, 0.2) is 0 Å². The van der Waals surface area contributed by atoms with E-state index in [4.69, 9.17) is 9.47 Å². The number of morpholine rings is 2. The Morgan fingerprint density at radius 2 is 1.95 bits per heavy atom. The molecule has 1 aliphatic carbocycles. The van der Waals surface area contributed by atoms with Crippen molar-refractivity contribution in [1.82, 2.24) is 10.2 Å². The van der Waals surface area contributed by atoms with Gasteiger partial charge in [-0.1, -0.05) is 0 Å². The van der Waals surface area contributed by atoms with E-state index in [2.05, 4.69) is 5.32 Å². The van der Waals surface area contributed by atoms with Crippen LogP contribution < -0.4 is 5.32 Å². The number of carbonyl (C=O) groups is 1. The average Bonchev–Trinajstić information content (AvgIpc) is 2.47. The molecule has 3 aliphatic rings. The molecule has 3 atom stereocenters. The van der Waals surface area contributed by atoms with Gasteiger partial charge in [-0.05, 0) is 19.3 Å². The number of hydrogen-bond donors (Lipinski definition) is 1. The zero-order valence-electron chi connectivity index (χ0n) is 11.2. The molecule has 6 heteroatoms. The Morgan fingerprint density at radius 1 is 1.16 bits per heavy atom. The van der Waals surface area contributed by atoms with Gasteiger partial charge >= 0.3 is 0 Å². The van der Waals surface area contributed by atoms with Gasteiger partial charge in [-0.15, -0.1) is 12.4 Å². The van der Waals surface area contributed by atoms with Crippen LogP contribution in [0.5, 0.6) is 0 Å². The van der Waals surface area contributed by atoms with E-state index >= 15 is 0 Å². The van der Waals surface area contributed by atoms with Crippen molar-refractivity contribution in [2.24, 2.45) is 5.92 Å². The summed E-state index contributed by atoms with van der Waals surface area (Å²) >= 11 is 0. The van der Waals surface area contributed by atoms with Crippen LogP contribution >= 0.6 is 12.4 Å². The van der Waals surface area contributed by atoms with Gasteiger partial charge in [0.1, 0.15) is 0 Å². The summed E-state index contributed by atoms with van der Waals surface area (Å²) in [7, 11) is 0. The Balaban J connectivity index is 0.00000133. The van der Waals surface area contributed by atoms with Crippen molar-refractivity contribution in [3.8, 4) is 0 Å². The molecule has 3 fully saturated rings. The van der Waals surface area contributed by atoms with Crippen LogP contribution in [0.4, 0.5) is 0 Å². The third-order valence-corrected chi connectivity index (χ3v) is 4.30. The fourth-order valence-electron chi connectivity index (χ4n) is 3.28. The summed E-state index contributed by atoms with van der Waals surface area (Å²) in [6, 6.07) is 0.377. The molecule has 3 rings (SSSR count). The Hall–Kier alpha value is -0.360. The second kappa shape index (κ2) is 6.88. The molecule has 1 amide bonds. The minimum atomic E-state index is 0. The number of carbonyl (C=O) groups excluding carboxylic acids is 1. The van der Waals surface area contributed by atoms with E-state index in [1.165, 1.54) is 0 Å². The Kier molecular flexibility index (Phi) is 5.45. The van der Waals surface area contributed by atoms with Crippen molar-refractivity contribution in [1.29, 1.82) is 0 Å². The number of amides is 1. The highest BCUT2D eigenvalue weighted by atomic mass is 35.5.